The molecular weight excluding hydrogens is 295 g/mol. The predicted molar refractivity (Wildman–Crippen MR) is 77.2 cm³/mol. The monoisotopic (exact) mass is 315 g/mol. The molecule has 1 aromatic rings. The molecule has 1 aliphatic heterocycles. The largest absolute Gasteiger partial charge is 0.401 e. The number of carbonyl (C=O) groups is 1. The number of nitrogens with zero attached hydrogens (tertiary/aromatic N) is 2. The van der Waals surface area contributed by atoms with E-state index in [1.165, 1.54) is 4.90 Å². The van der Waals surface area contributed by atoms with Gasteiger partial charge in [-0.3, -0.25) is 9.69 Å². The van der Waals surface area contributed by atoms with Crippen LogP contribution in [-0.4, -0.2) is 60.6 Å². The second-order valence-corrected chi connectivity index (χ2v) is 5.51. The molecule has 1 atom stereocenters. The van der Waals surface area contributed by atoms with Gasteiger partial charge in [-0.25, -0.2) is 0 Å². The molecule has 7 heteroatoms. The lowest BCUT2D eigenvalue weighted by molar-refractivity contribution is -0.152. The van der Waals surface area contributed by atoms with Crippen molar-refractivity contribution in [1.29, 1.82) is 0 Å². The Kier molecular flexibility index (Phi) is 5.42. The fraction of sp³-hybridized carbons (Fsp3) is 0.533. The van der Waals surface area contributed by atoms with Crippen LogP contribution in [0.3, 0.4) is 0 Å². The van der Waals surface area contributed by atoms with E-state index in [1.807, 2.05) is 30.3 Å². The summed E-state index contributed by atoms with van der Waals surface area (Å²) in [6, 6.07) is 8.78. The number of amides is 1. The lowest BCUT2D eigenvalue weighted by Crippen LogP contribution is -2.54. The number of halogens is 3. The lowest BCUT2D eigenvalue weighted by Gasteiger charge is -2.36. The molecule has 1 aliphatic rings. The Labute approximate surface area is 127 Å². The van der Waals surface area contributed by atoms with Crippen molar-refractivity contribution in [3.05, 3.63) is 35.9 Å². The van der Waals surface area contributed by atoms with Crippen LogP contribution < -0.4 is 5.73 Å². The first kappa shape index (κ1) is 16.8. The minimum absolute atomic E-state index is 0.199. The number of carbonyl (C=O) groups excluding carboxylic acids is 1. The number of rotatable bonds is 4. The van der Waals surface area contributed by atoms with Gasteiger partial charge in [-0.15, -0.1) is 0 Å². The molecule has 2 rings (SSSR count). The van der Waals surface area contributed by atoms with Gasteiger partial charge in [0.15, 0.2) is 0 Å². The van der Waals surface area contributed by atoms with Crippen molar-refractivity contribution in [1.82, 2.24) is 9.80 Å². The zero-order chi connectivity index (χ0) is 16.2. The van der Waals surface area contributed by atoms with E-state index in [4.69, 9.17) is 5.73 Å². The quantitative estimate of drug-likeness (QED) is 0.910. The molecule has 0 saturated carbocycles. The highest BCUT2D eigenvalue weighted by Crippen LogP contribution is 2.17. The van der Waals surface area contributed by atoms with Gasteiger partial charge in [-0.2, -0.15) is 13.2 Å². The third-order valence-corrected chi connectivity index (χ3v) is 3.70. The molecule has 22 heavy (non-hydrogen) atoms. The summed E-state index contributed by atoms with van der Waals surface area (Å²) in [6.07, 6.45) is -3.77. The summed E-state index contributed by atoms with van der Waals surface area (Å²) in [6.45, 7) is 0.104. The van der Waals surface area contributed by atoms with Crippen LogP contribution in [0.1, 0.15) is 5.56 Å². The van der Waals surface area contributed by atoms with E-state index in [1.54, 1.807) is 4.90 Å². The Hall–Kier alpha value is -1.60. The Morgan fingerprint density at radius 3 is 2.27 bits per heavy atom. The van der Waals surface area contributed by atoms with E-state index in [-0.39, 0.29) is 32.1 Å². The smallest absolute Gasteiger partial charge is 0.339 e. The van der Waals surface area contributed by atoms with Gasteiger partial charge in [-0.1, -0.05) is 30.3 Å². The number of benzene rings is 1. The molecule has 0 radical (unpaired) electrons. The molecular formula is C15H20F3N3O. The highest BCUT2D eigenvalue weighted by Gasteiger charge is 2.33. The zero-order valence-electron chi connectivity index (χ0n) is 12.2. The van der Waals surface area contributed by atoms with Crippen molar-refractivity contribution in [3.8, 4) is 0 Å². The van der Waals surface area contributed by atoms with E-state index in [0.29, 0.717) is 6.42 Å². The van der Waals surface area contributed by atoms with Crippen molar-refractivity contribution in [2.24, 2.45) is 5.73 Å². The molecule has 1 heterocycles. The van der Waals surface area contributed by atoms with Gasteiger partial charge in [0, 0.05) is 26.2 Å². The van der Waals surface area contributed by atoms with Gasteiger partial charge in [0.1, 0.15) is 0 Å². The third kappa shape index (κ3) is 4.99. The van der Waals surface area contributed by atoms with Crippen LogP contribution in [0.15, 0.2) is 30.3 Å². The maximum absolute atomic E-state index is 12.3. The van der Waals surface area contributed by atoms with Gasteiger partial charge < -0.3 is 10.6 Å². The summed E-state index contributed by atoms with van der Waals surface area (Å²) in [5.41, 5.74) is 6.90. The van der Waals surface area contributed by atoms with Crippen molar-refractivity contribution in [3.63, 3.8) is 0 Å². The topological polar surface area (TPSA) is 49.6 Å². The summed E-state index contributed by atoms with van der Waals surface area (Å²) in [5.74, 6) is -0.199. The Bertz CT molecular complexity index is 485. The molecule has 0 bridgehead atoms. The van der Waals surface area contributed by atoms with Crippen LogP contribution >= 0.6 is 0 Å². The van der Waals surface area contributed by atoms with E-state index in [9.17, 15) is 18.0 Å². The van der Waals surface area contributed by atoms with Crippen LogP contribution in [0.4, 0.5) is 13.2 Å². The molecule has 0 spiro atoms. The predicted octanol–water partition coefficient (Wildman–Crippen LogP) is 1.26. The maximum atomic E-state index is 12.3. The Morgan fingerprint density at radius 2 is 1.73 bits per heavy atom. The summed E-state index contributed by atoms with van der Waals surface area (Å²) in [4.78, 5) is 15.1. The van der Waals surface area contributed by atoms with Crippen LogP contribution in [0.2, 0.25) is 0 Å². The summed E-state index contributed by atoms with van der Waals surface area (Å²) in [5, 5.41) is 0. The summed E-state index contributed by atoms with van der Waals surface area (Å²) >= 11 is 0. The molecule has 1 fully saturated rings. The van der Waals surface area contributed by atoms with E-state index in [0.717, 1.165) is 5.56 Å². The van der Waals surface area contributed by atoms with Gasteiger partial charge in [0.05, 0.1) is 12.6 Å². The molecule has 122 valence electrons. The van der Waals surface area contributed by atoms with Gasteiger partial charge >= 0.3 is 6.18 Å². The van der Waals surface area contributed by atoms with Crippen molar-refractivity contribution in [2.75, 3.05) is 32.7 Å². The Balaban J connectivity index is 1.82. The SMILES string of the molecule is NC(Cc1ccccc1)C(=O)N1CCN(CC(F)(F)F)CC1. The van der Waals surface area contributed by atoms with Crippen molar-refractivity contribution in [2.45, 2.75) is 18.6 Å². The first-order valence-electron chi connectivity index (χ1n) is 7.22. The normalized spacial score (nSPS) is 18.3. The van der Waals surface area contributed by atoms with Crippen molar-refractivity contribution >= 4 is 5.91 Å². The first-order valence-corrected chi connectivity index (χ1v) is 7.22. The number of alkyl halides is 3. The number of nitrogens with two attached hydrogens (primary N) is 1. The summed E-state index contributed by atoms with van der Waals surface area (Å²) < 4.78 is 37.0. The standard InChI is InChI=1S/C15H20F3N3O/c16-15(17,18)11-20-6-8-21(9-7-20)14(22)13(19)10-12-4-2-1-3-5-12/h1-5,13H,6-11,19H2. The fourth-order valence-electron chi connectivity index (χ4n) is 2.57. The molecule has 4 nitrogen and oxygen atoms in total. The number of piperazine rings is 1. The number of hydrogen-bond acceptors (Lipinski definition) is 3. The van der Waals surface area contributed by atoms with E-state index >= 15 is 0 Å². The molecule has 1 saturated heterocycles. The molecule has 1 unspecified atom stereocenters. The second kappa shape index (κ2) is 7.11. The summed E-state index contributed by atoms with van der Waals surface area (Å²) in [7, 11) is 0. The fourth-order valence-corrected chi connectivity index (χ4v) is 2.57. The molecule has 1 amide bonds. The molecule has 1 aromatic carbocycles. The van der Waals surface area contributed by atoms with Gasteiger partial charge in [-0.05, 0) is 12.0 Å². The average molecular weight is 315 g/mol. The third-order valence-electron chi connectivity index (χ3n) is 3.70. The van der Waals surface area contributed by atoms with Crippen LogP contribution in [0, 0.1) is 0 Å². The Morgan fingerprint density at radius 1 is 1.14 bits per heavy atom. The molecule has 0 aliphatic carbocycles. The highest BCUT2D eigenvalue weighted by atomic mass is 19.4. The minimum atomic E-state index is -4.20. The maximum Gasteiger partial charge on any atom is 0.401 e. The first-order chi connectivity index (χ1) is 10.3. The lowest BCUT2D eigenvalue weighted by atomic mass is 10.1. The van der Waals surface area contributed by atoms with Gasteiger partial charge in [0.25, 0.3) is 0 Å². The number of hydrogen-bond donors (Lipinski definition) is 1. The molecule has 2 N–H and O–H groups in total. The van der Waals surface area contributed by atoms with Crippen molar-refractivity contribution < 1.29 is 18.0 Å². The molecule has 0 aromatic heterocycles. The van der Waals surface area contributed by atoms with E-state index in [2.05, 4.69) is 0 Å². The highest BCUT2D eigenvalue weighted by molar-refractivity contribution is 5.82. The minimum Gasteiger partial charge on any atom is -0.339 e. The van der Waals surface area contributed by atoms with Crippen LogP contribution in [0.25, 0.3) is 0 Å². The van der Waals surface area contributed by atoms with Crippen LogP contribution in [-0.2, 0) is 11.2 Å². The second-order valence-electron chi connectivity index (χ2n) is 5.51. The average Bonchev–Trinajstić information content (AvgIpc) is 2.46. The zero-order valence-corrected chi connectivity index (χ0v) is 12.2. The van der Waals surface area contributed by atoms with Crippen LogP contribution in [0.5, 0.6) is 0 Å². The van der Waals surface area contributed by atoms with E-state index < -0.39 is 18.8 Å². The van der Waals surface area contributed by atoms with Gasteiger partial charge in [0.2, 0.25) is 5.91 Å².